The van der Waals surface area contributed by atoms with Crippen LogP contribution in [0.5, 0.6) is 0 Å². The largest absolute Gasteiger partial charge is 0.359 e. The van der Waals surface area contributed by atoms with Crippen LogP contribution in [-0.2, 0) is 0 Å². The Morgan fingerprint density at radius 1 is 1.05 bits per heavy atom. The van der Waals surface area contributed by atoms with Gasteiger partial charge in [-0.1, -0.05) is 29.3 Å². The molecule has 0 saturated carbocycles. The highest BCUT2D eigenvalue weighted by Crippen LogP contribution is 2.13. The number of benzene rings is 2. The third-order valence-corrected chi connectivity index (χ3v) is 3.12. The van der Waals surface area contributed by atoms with E-state index in [0.29, 0.717) is 10.6 Å². The van der Waals surface area contributed by atoms with E-state index in [1.54, 1.807) is 30.3 Å². The summed E-state index contributed by atoms with van der Waals surface area (Å²) in [4.78, 5) is 12.1. The lowest BCUT2D eigenvalue weighted by atomic mass is 10.1. The fourth-order valence-corrected chi connectivity index (χ4v) is 1.92. The summed E-state index contributed by atoms with van der Waals surface area (Å²) in [6, 6.07) is 14.9. The number of nitrogens with one attached hydrogen (secondary N) is 1. The molecule has 0 aliphatic rings. The molecule has 3 heteroatoms. The predicted molar refractivity (Wildman–Crippen MR) is 84.3 cm³/mol. The minimum absolute atomic E-state index is 0.0428. The van der Waals surface area contributed by atoms with E-state index < -0.39 is 0 Å². The van der Waals surface area contributed by atoms with Crippen molar-refractivity contribution < 1.29 is 4.79 Å². The number of hydrogen-bond acceptors (Lipinski definition) is 2. The van der Waals surface area contributed by atoms with Gasteiger partial charge >= 0.3 is 0 Å². The van der Waals surface area contributed by atoms with Crippen molar-refractivity contribution in [1.82, 2.24) is 0 Å². The van der Waals surface area contributed by atoms with Crippen LogP contribution < -0.4 is 5.32 Å². The standard InChI is InChI=1S/C17H16ClNO/c1-12-3-9-16(10-4-12)19-13(2)11-17(20)14-5-7-15(18)8-6-14/h3-11,19H,1-2H3. The van der Waals surface area contributed by atoms with E-state index in [1.807, 2.05) is 38.1 Å². The highest BCUT2D eigenvalue weighted by Gasteiger charge is 2.03. The van der Waals surface area contributed by atoms with Crippen LogP contribution in [0.15, 0.2) is 60.3 Å². The monoisotopic (exact) mass is 285 g/mol. The molecule has 2 nitrogen and oxygen atoms in total. The van der Waals surface area contributed by atoms with E-state index in [-0.39, 0.29) is 5.78 Å². The minimum atomic E-state index is -0.0428. The summed E-state index contributed by atoms with van der Waals surface area (Å²) in [5.41, 5.74) is 3.59. The van der Waals surface area contributed by atoms with Crippen LogP contribution in [0.1, 0.15) is 22.8 Å². The third-order valence-electron chi connectivity index (χ3n) is 2.87. The molecule has 2 rings (SSSR count). The number of carbonyl (C=O) groups excluding carboxylic acids is 1. The Hall–Kier alpha value is -2.06. The van der Waals surface area contributed by atoms with Gasteiger partial charge in [0, 0.05) is 28.0 Å². The maximum Gasteiger partial charge on any atom is 0.187 e. The van der Waals surface area contributed by atoms with Gasteiger partial charge in [-0.15, -0.1) is 0 Å². The van der Waals surface area contributed by atoms with Crippen molar-refractivity contribution >= 4 is 23.1 Å². The normalized spacial score (nSPS) is 11.2. The van der Waals surface area contributed by atoms with E-state index in [4.69, 9.17) is 11.6 Å². The summed E-state index contributed by atoms with van der Waals surface area (Å²) in [7, 11) is 0. The fourth-order valence-electron chi connectivity index (χ4n) is 1.79. The second kappa shape index (κ2) is 6.40. The van der Waals surface area contributed by atoms with Crippen molar-refractivity contribution in [1.29, 1.82) is 0 Å². The molecule has 102 valence electrons. The van der Waals surface area contributed by atoms with E-state index in [0.717, 1.165) is 11.4 Å². The zero-order valence-corrected chi connectivity index (χ0v) is 12.2. The Kier molecular flexibility index (Phi) is 4.59. The van der Waals surface area contributed by atoms with Gasteiger partial charge in [-0.05, 0) is 50.2 Å². The van der Waals surface area contributed by atoms with Gasteiger partial charge in [0.15, 0.2) is 5.78 Å². The first-order valence-electron chi connectivity index (χ1n) is 6.36. The Balaban J connectivity index is 2.07. The average molecular weight is 286 g/mol. The zero-order chi connectivity index (χ0) is 14.5. The van der Waals surface area contributed by atoms with Gasteiger partial charge < -0.3 is 5.32 Å². The SMILES string of the molecule is CC(=CC(=O)c1ccc(Cl)cc1)Nc1ccc(C)cc1. The molecule has 0 atom stereocenters. The highest BCUT2D eigenvalue weighted by atomic mass is 35.5. The molecule has 0 unspecified atom stereocenters. The fraction of sp³-hybridized carbons (Fsp3) is 0.118. The van der Waals surface area contributed by atoms with E-state index in [2.05, 4.69) is 5.32 Å². The summed E-state index contributed by atoms with van der Waals surface area (Å²) in [6.45, 7) is 3.91. The van der Waals surface area contributed by atoms with Gasteiger partial charge in [0.1, 0.15) is 0 Å². The van der Waals surface area contributed by atoms with Gasteiger partial charge in [-0.3, -0.25) is 4.79 Å². The quantitative estimate of drug-likeness (QED) is 0.643. The lowest BCUT2D eigenvalue weighted by Gasteiger charge is -2.06. The smallest absolute Gasteiger partial charge is 0.187 e. The molecule has 0 spiro atoms. The Morgan fingerprint density at radius 2 is 1.65 bits per heavy atom. The summed E-state index contributed by atoms with van der Waals surface area (Å²) in [5, 5.41) is 3.82. The van der Waals surface area contributed by atoms with Crippen molar-refractivity contribution in [3.8, 4) is 0 Å². The average Bonchev–Trinajstić information content (AvgIpc) is 2.42. The first-order valence-corrected chi connectivity index (χ1v) is 6.74. The molecule has 0 fully saturated rings. The molecular formula is C17H16ClNO. The molecule has 2 aromatic rings. The number of anilines is 1. The maximum atomic E-state index is 12.1. The summed E-state index contributed by atoms with van der Waals surface area (Å²) >= 11 is 5.80. The van der Waals surface area contributed by atoms with Crippen LogP contribution in [0.2, 0.25) is 5.02 Å². The van der Waals surface area contributed by atoms with Crippen LogP contribution in [-0.4, -0.2) is 5.78 Å². The second-order valence-electron chi connectivity index (χ2n) is 4.69. The molecule has 0 aliphatic carbocycles. The zero-order valence-electron chi connectivity index (χ0n) is 11.5. The second-order valence-corrected chi connectivity index (χ2v) is 5.13. The maximum absolute atomic E-state index is 12.1. The van der Waals surface area contributed by atoms with Crippen molar-refractivity contribution in [3.05, 3.63) is 76.5 Å². The molecular weight excluding hydrogens is 270 g/mol. The van der Waals surface area contributed by atoms with Gasteiger partial charge in [-0.2, -0.15) is 0 Å². The van der Waals surface area contributed by atoms with Crippen LogP contribution in [0.4, 0.5) is 5.69 Å². The molecule has 0 amide bonds. The summed E-state index contributed by atoms with van der Waals surface area (Å²) in [6.07, 6.45) is 1.59. The molecule has 2 aromatic carbocycles. The first-order chi connectivity index (χ1) is 9.54. The Morgan fingerprint density at radius 3 is 2.25 bits per heavy atom. The molecule has 0 aromatic heterocycles. The minimum Gasteiger partial charge on any atom is -0.359 e. The van der Waals surface area contributed by atoms with Crippen LogP contribution >= 0.6 is 11.6 Å². The van der Waals surface area contributed by atoms with Crippen LogP contribution in [0.3, 0.4) is 0 Å². The number of aryl methyl sites for hydroxylation is 1. The van der Waals surface area contributed by atoms with E-state index >= 15 is 0 Å². The number of hydrogen-bond donors (Lipinski definition) is 1. The molecule has 0 radical (unpaired) electrons. The Bertz CT molecular complexity index is 627. The van der Waals surface area contributed by atoms with Gasteiger partial charge in [0.2, 0.25) is 0 Å². The molecule has 20 heavy (non-hydrogen) atoms. The molecule has 0 aliphatic heterocycles. The molecule has 1 N–H and O–H groups in total. The molecule has 0 saturated heterocycles. The molecule has 0 bridgehead atoms. The number of ketones is 1. The lowest BCUT2D eigenvalue weighted by molar-refractivity contribution is 0.104. The number of halogens is 1. The predicted octanol–water partition coefficient (Wildman–Crippen LogP) is 4.85. The highest BCUT2D eigenvalue weighted by molar-refractivity contribution is 6.30. The number of rotatable bonds is 4. The van der Waals surface area contributed by atoms with Crippen molar-refractivity contribution in [3.63, 3.8) is 0 Å². The number of carbonyl (C=O) groups is 1. The summed E-state index contributed by atoms with van der Waals surface area (Å²) in [5.74, 6) is -0.0428. The lowest BCUT2D eigenvalue weighted by Crippen LogP contribution is -2.01. The summed E-state index contributed by atoms with van der Waals surface area (Å²) < 4.78 is 0. The van der Waals surface area contributed by atoms with Crippen LogP contribution in [0, 0.1) is 6.92 Å². The topological polar surface area (TPSA) is 29.1 Å². The van der Waals surface area contributed by atoms with Crippen molar-refractivity contribution in [2.24, 2.45) is 0 Å². The Labute approximate surface area is 124 Å². The third kappa shape index (κ3) is 3.97. The van der Waals surface area contributed by atoms with Gasteiger partial charge in [0.05, 0.1) is 0 Å². The van der Waals surface area contributed by atoms with Crippen molar-refractivity contribution in [2.45, 2.75) is 13.8 Å². The number of allylic oxidation sites excluding steroid dienone is 2. The van der Waals surface area contributed by atoms with Crippen LogP contribution in [0.25, 0.3) is 0 Å². The van der Waals surface area contributed by atoms with E-state index in [9.17, 15) is 4.79 Å². The van der Waals surface area contributed by atoms with Gasteiger partial charge in [-0.25, -0.2) is 0 Å². The molecule has 0 heterocycles. The van der Waals surface area contributed by atoms with Gasteiger partial charge in [0.25, 0.3) is 0 Å². The van der Waals surface area contributed by atoms with E-state index in [1.165, 1.54) is 5.56 Å². The first kappa shape index (κ1) is 14.4. The van der Waals surface area contributed by atoms with Crippen molar-refractivity contribution in [2.75, 3.05) is 5.32 Å².